The maximum absolute atomic E-state index is 12.5. The average molecular weight is 433 g/mol. The summed E-state index contributed by atoms with van der Waals surface area (Å²) in [4.78, 5) is 16.8. The molecule has 2 aromatic carbocycles. The Hall–Kier alpha value is -2.62. The van der Waals surface area contributed by atoms with E-state index in [2.05, 4.69) is 10.2 Å². The van der Waals surface area contributed by atoms with Gasteiger partial charge in [-0.25, -0.2) is 13.6 Å². The van der Waals surface area contributed by atoms with E-state index in [0.717, 1.165) is 11.4 Å². The number of nitrogens with zero attached hydrogens (tertiary/aromatic N) is 2. The second-order valence-corrected chi connectivity index (χ2v) is 8.96. The van der Waals surface area contributed by atoms with Gasteiger partial charge in [-0.05, 0) is 24.3 Å². The number of hydrogen-bond acceptors (Lipinski definition) is 6. The quantitative estimate of drug-likeness (QED) is 0.655. The minimum absolute atomic E-state index is 0.0555. The molecule has 9 heteroatoms. The van der Waals surface area contributed by atoms with Crippen LogP contribution in [0.5, 0.6) is 5.75 Å². The Kier molecular flexibility index (Phi) is 7.30. The van der Waals surface area contributed by atoms with Crippen molar-refractivity contribution in [2.45, 2.75) is 12.5 Å². The van der Waals surface area contributed by atoms with E-state index in [1.807, 2.05) is 47.4 Å². The maximum atomic E-state index is 12.5. The number of piperazine rings is 1. The van der Waals surface area contributed by atoms with Crippen LogP contribution in [0.4, 0.5) is 11.4 Å². The van der Waals surface area contributed by atoms with E-state index in [1.54, 1.807) is 19.2 Å². The van der Waals surface area contributed by atoms with Crippen molar-refractivity contribution in [3.8, 4) is 5.75 Å². The van der Waals surface area contributed by atoms with Crippen molar-refractivity contribution in [2.75, 3.05) is 49.3 Å². The molecule has 1 fully saturated rings. The number of methoxy groups -OCH3 is 1. The fourth-order valence-corrected chi connectivity index (χ4v) is 4.59. The van der Waals surface area contributed by atoms with Gasteiger partial charge in [-0.2, -0.15) is 0 Å². The van der Waals surface area contributed by atoms with Crippen LogP contribution in [-0.4, -0.2) is 64.3 Å². The first-order valence-corrected chi connectivity index (χ1v) is 11.5. The third kappa shape index (κ3) is 6.19. The highest BCUT2D eigenvalue weighted by Gasteiger charge is 2.29. The van der Waals surface area contributed by atoms with Crippen molar-refractivity contribution in [3.05, 3.63) is 54.6 Å². The summed E-state index contributed by atoms with van der Waals surface area (Å²) in [5.41, 5.74) is 1.68. The van der Waals surface area contributed by atoms with Gasteiger partial charge in [0.15, 0.2) is 0 Å². The summed E-state index contributed by atoms with van der Waals surface area (Å²) in [5.74, 6) is 0.306. The second-order valence-electron chi connectivity index (χ2n) is 7.30. The molecule has 1 atom stereocenters. The number of primary sulfonamides is 1. The summed E-state index contributed by atoms with van der Waals surface area (Å²) in [7, 11) is -2.08. The first-order valence-electron chi connectivity index (χ1n) is 9.83. The first kappa shape index (κ1) is 22.1. The van der Waals surface area contributed by atoms with Crippen molar-refractivity contribution in [1.29, 1.82) is 0 Å². The number of carbonyl (C=O) groups excluding carboxylic acids is 1. The molecule has 3 rings (SSSR count). The Labute approximate surface area is 177 Å². The van der Waals surface area contributed by atoms with Gasteiger partial charge in [-0.3, -0.25) is 9.69 Å². The summed E-state index contributed by atoms with van der Waals surface area (Å²) in [6.45, 7) is 2.64. The van der Waals surface area contributed by atoms with Crippen LogP contribution in [0, 0.1) is 0 Å². The number of sulfonamides is 1. The minimum atomic E-state index is -3.72. The SMILES string of the molecule is COc1ccccc1N1CCN(C(CC(=O)Nc2ccccc2)CS(N)(=O)=O)CC1. The van der Waals surface area contributed by atoms with Crippen LogP contribution < -0.4 is 20.1 Å². The number of benzene rings is 2. The molecule has 0 radical (unpaired) electrons. The molecule has 1 saturated heterocycles. The van der Waals surface area contributed by atoms with Gasteiger partial charge in [0.05, 0.1) is 18.6 Å². The van der Waals surface area contributed by atoms with Crippen LogP contribution in [0.15, 0.2) is 54.6 Å². The van der Waals surface area contributed by atoms with Crippen molar-refractivity contribution in [3.63, 3.8) is 0 Å². The van der Waals surface area contributed by atoms with Crippen molar-refractivity contribution in [2.24, 2.45) is 5.14 Å². The van der Waals surface area contributed by atoms with Crippen LogP contribution >= 0.6 is 0 Å². The largest absolute Gasteiger partial charge is 0.495 e. The summed E-state index contributed by atoms with van der Waals surface area (Å²) in [6.07, 6.45) is 0.0555. The van der Waals surface area contributed by atoms with Crippen molar-refractivity contribution in [1.82, 2.24) is 4.90 Å². The lowest BCUT2D eigenvalue weighted by molar-refractivity contribution is -0.117. The van der Waals surface area contributed by atoms with Crippen LogP contribution in [0.2, 0.25) is 0 Å². The zero-order valence-electron chi connectivity index (χ0n) is 17.0. The Balaban J connectivity index is 1.65. The predicted molar refractivity (Wildman–Crippen MR) is 118 cm³/mol. The molecule has 0 aromatic heterocycles. The molecular formula is C21H28N4O4S. The molecule has 0 aliphatic carbocycles. The average Bonchev–Trinajstić information content (AvgIpc) is 2.73. The zero-order valence-corrected chi connectivity index (χ0v) is 17.8. The van der Waals surface area contributed by atoms with Gasteiger partial charge in [0.2, 0.25) is 15.9 Å². The highest BCUT2D eigenvalue weighted by Crippen LogP contribution is 2.28. The number of hydrogen-bond donors (Lipinski definition) is 2. The number of nitrogens with two attached hydrogens (primary N) is 1. The molecular weight excluding hydrogens is 404 g/mol. The Bertz CT molecular complexity index is 944. The molecule has 1 aliphatic heterocycles. The first-order chi connectivity index (χ1) is 14.4. The number of nitrogens with one attached hydrogen (secondary N) is 1. The molecule has 0 bridgehead atoms. The second kappa shape index (κ2) is 9.92. The molecule has 1 amide bonds. The third-order valence-corrected chi connectivity index (χ3v) is 6.01. The number of ether oxygens (including phenoxy) is 1. The lowest BCUT2D eigenvalue weighted by atomic mass is 10.1. The molecule has 8 nitrogen and oxygen atoms in total. The summed E-state index contributed by atoms with van der Waals surface area (Å²) in [6, 6.07) is 16.4. The molecule has 162 valence electrons. The van der Waals surface area contributed by atoms with Gasteiger partial charge in [-0.15, -0.1) is 0 Å². The Morgan fingerprint density at radius 3 is 2.33 bits per heavy atom. The number of carbonyl (C=O) groups is 1. The lowest BCUT2D eigenvalue weighted by Gasteiger charge is -2.40. The van der Waals surface area contributed by atoms with E-state index in [9.17, 15) is 13.2 Å². The van der Waals surface area contributed by atoms with Gasteiger partial charge in [0, 0.05) is 44.3 Å². The van der Waals surface area contributed by atoms with Gasteiger partial charge >= 0.3 is 0 Å². The zero-order chi connectivity index (χ0) is 21.6. The number of rotatable bonds is 8. The molecule has 2 aromatic rings. The van der Waals surface area contributed by atoms with E-state index in [0.29, 0.717) is 31.9 Å². The Morgan fingerprint density at radius 2 is 1.70 bits per heavy atom. The van der Waals surface area contributed by atoms with E-state index in [4.69, 9.17) is 9.88 Å². The molecule has 0 spiro atoms. The van der Waals surface area contributed by atoms with Gasteiger partial charge in [0.1, 0.15) is 5.75 Å². The van der Waals surface area contributed by atoms with E-state index < -0.39 is 16.1 Å². The lowest BCUT2D eigenvalue weighted by Crippen LogP contribution is -2.53. The van der Waals surface area contributed by atoms with Crippen LogP contribution in [0.1, 0.15) is 6.42 Å². The molecule has 30 heavy (non-hydrogen) atoms. The molecule has 3 N–H and O–H groups in total. The highest BCUT2D eigenvalue weighted by molar-refractivity contribution is 7.89. The number of para-hydroxylation sites is 3. The predicted octanol–water partition coefficient (Wildman–Crippen LogP) is 1.50. The fourth-order valence-electron chi connectivity index (χ4n) is 3.73. The molecule has 1 aliphatic rings. The molecule has 1 heterocycles. The Morgan fingerprint density at radius 1 is 1.07 bits per heavy atom. The monoisotopic (exact) mass is 432 g/mol. The highest BCUT2D eigenvalue weighted by atomic mass is 32.2. The van der Waals surface area contributed by atoms with Crippen LogP contribution in [-0.2, 0) is 14.8 Å². The smallest absolute Gasteiger partial charge is 0.225 e. The van der Waals surface area contributed by atoms with E-state index in [1.165, 1.54) is 0 Å². The number of amides is 1. The van der Waals surface area contributed by atoms with Crippen LogP contribution in [0.25, 0.3) is 0 Å². The molecule has 1 unspecified atom stereocenters. The topological polar surface area (TPSA) is 105 Å². The normalized spacial score (nSPS) is 16.1. The maximum Gasteiger partial charge on any atom is 0.225 e. The minimum Gasteiger partial charge on any atom is -0.495 e. The van der Waals surface area contributed by atoms with E-state index in [-0.39, 0.29) is 18.1 Å². The van der Waals surface area contributed by atoms with Gasteiger partial charge in [-0.1, -0.05) is 30.3 Å². The van der Waals surface area contributed by atoms with Crippen molar-refractivity contribution < 1.29 is 17.9 Å². The third-order valence-electron chi connectivity index (χ3n) is 5.16. The van der Waals surface area contributed by atoms with Crippen LogP contribution in [0.3, 0.4) is 0 Å². The van der Waals surface area contributed by atoms with Gasteiger partial charge < -0.3 is 15.0 Å². The van der Waals surface area contributed by atoms with E-state index >= 15 is 0 Å². The molecule has 0 saturated carbocycles. The standard InChI is InChI=1S/C21H28N4O4S/c1-29-20-10-6-5-9-19(20)25-13-11-24(12-14-25)18(16-30(22,27)28)15-21(26)23-17-7-3-2-4-8-17/h2-10,18H,11-16H2,1H3,(H,23,26)(H2,22,27,28). The summed E-state index contributed by atoms with van der Waals surface area (Å²) < 4.78 is 29.0. The fraction of sp³-hybridized carbons (Fsp3) is 0.381. The summed E-state index contributed by atoms with van der Waals surface area (Å²) >= 11 is 0. The number of anilines is 2. The van der Waals surface area contributed by atoms with Crippen molar-refractivity contribution >= 4 is 27.3 Å². The summed E-state index contributed by atoms with van der Waals surface area (Å²) in [5, 5.41) is 8.13. The van der Waals surface area contributed by atoms with Gasteiger partial charge in [0.25, 0.3) is 0 Å².